The number of carbonyl (C=O) groups excluding carboxylic acids is 14. The van der Waals surface area contributed by atoms with Gasteiger partial charge in [0.15, 0.2) is 0 Å². The molecular formula is C79H118N14O15. The number of piperidine rings is 1. The van der Waals surface area contributed by atoms with Crippen LogP contribution in [0.1, 0.15) is 131 Å². The molecule has 0 aromatic heterocycles. The molecular weight excluding hydrogens is 1380 g/mol. The van der Waals surface area contributed by atoms with E-state index in [1.54, 1.807) is 117 Å². The van der Waals surface area contributed by atoms with E-state index in [0.717, 1.165) is 63.4 Å². The van der Waals surface area contributed by atoms with Crippen molar-refractivity contribution in [2.45, 2.75) is 219 Å². The molecule has 0 spiro atoms. The molecule has 108 heavy (non-hydrogen) atoms. The number of hydrogen-bond acceptors (Lipinski definition) is 15. The van der Waals surface area contributed by atoms with Crippen molar-refractivity contribution in [3.63, 3.8) is 0 Å². The predicted molar refractivity (Wildman–Crippen MR) is 407 cm³/mol. The quantitative estimate of drug-likeness (QED) is 0.137. The van der Waals surface area contributed by atoms with Gasteiger partial charge in [0.1, 0.15) is 78.5 Å². The Bertz CT molecular complexity index is 3640. The molecule has 2 saturated heterocycles. The zero-order chi connectivity index (χ0) is 81.0. The van der Waals surface area contributed by atoms with Crippen molar-refractivity contribution < 1.29 is 72.2 Å². The lowest BCUT2D eigenvalue weighted by molar-refractivity contribution is -0.153. The molecule has 0 bridgehead atoms. The van der Waals surface area contributed by atoms with Crippen LogP contribution >= 0.6 is 0 Å². The zero-order valence-corrected chi connectivity index (χ0v) is 66.8. The van der Waals surface area contributed by atoms with Crippen molar-refractivity contribution in [1.29, 1.82) is 0 Å². The third-order valence-electron chi connectivity index (χ3n) is 21.1. The van der Waals surface area contributed by atoms with Gasteiger partial charge in [-0.1, -0.05) is 119 Å². The highest BCUT2D eigenvalue weighted by atomic mass is 16.3. The van der Waals surface area contributed by atoms with Gasteiger partial charge in [0.25, 0.3) is 0 Å². The maximum Gasteiger partial charge on any atom is 0.248 e. The number of carbonyl (C=O) groups is 14. The molecule has 14 amide bonds. The number of amides is 14. The molecule has 3 aromatic carbocycles. The summed E-state index contributed by atoms with van der Waals surface area (Å²) in [6.07, 6.45) is -0.210. The second kappa shape index (κ2) is 40.4. The summed E-state index contributed by atoms with van der Waals surface area (Å²) >= 11 is 0. The molecule has 3 aromatic rings. The fourth-order valence-corrected chi connectivity index (χ4v) is 13.4. The number of likely N-dealkylation sites (N-methyl/N-ethyl adjacent to an activating group) is 9. The number of nitrogens with one attached hydrogen (secondary N) is 4. The fraction of sp³-hybridized carbons (Fsp3) is 0.595. The number of aliphatic hydroxyl groups is 1. The van der Waals surface area contributed by atoms with Crippen LogP contribution in [0.3, 0.4) is 0 Å². The second-order valence-electron chi connectivity index (χ2n) is 30.0. The lowest BCUT2D eigenvalue weighted by atomic mass is 9.99. The van der Waals surface area contributed by atoms with E-state index in [0.29, 0.717) is 29.8 Å². The molecule has 29 nitrogen and oxygen atoms in total. The standard InChI is InChI=1S/C79H118N14O15/c1-47(2)41-60-67(96)80-49(5)71(100)92(20)64(45-58-37-29-23-30-38-58)78(107)86(14)53(9)75(104)90(18)63(44-57-35-27-22-28-36-57)69(98)82-59(77(106)91(19)62(43-56-33-25-21-26-34-56)68(97)81-50(6)72(101)93-39-31-24-32-40-93)46-65(95)84(12)51(7)73(102)85(13)52(8)74(103)89(17)61(42-48(3)4)70(99)83-66(55(11)94)79(108)87(15)54(10)76(105)88(60)16/h21-23,25-30,33-38,47-55,59-64,66,94H,24,31-32,39-46H2,1-20H3,(H,80,96)(H,81,97)(H,82,98)(H,83,99)/t49-,50-,51+,52-,53-,54-,55+,59-,60-,61-,62-,63-,64-,66-/m0/s1. The van der Waals surface area contributed by atoms with Crippen molar-refractivity contribution in [2.24, 2.45) is 11.8 Å². The van der Waals surface area contributed by atoms with Crippen LogP contribution in [0.4, 0.5) is 0 Å². The number of aliphatic hydroxyl groups excluding tert-OH is 1. The average molecular weight is 1500 g/mol. The number of hydrogen-bond donors (Lipinski definition) is 5. The van der Waals surface area contributed by atoms with Gasteiger partial charge in [-0.15, -0.1) is 0 Å². The van der Waals surface area contributed by atoms with Crippen molar-refractivity contribution >= 4 is 82.7 Å². The van der Waals surface area contributed by atoms with Gasteiger partial charge < -0.3 is 75.4 Å². The largest absolute Gasteiger partial charge is 0.391 e. The fourth-order valence-electron chi connectivity index (χ4n) is 13.4. The smallest absolute Gasteiger partial charge is 0.248 e. The van der Waals surface area contributed by atoms with E-state index in [2.05, 4.69) is 21.3 Å². The highest BCUT2D eigenvalue weighted by Crippen LogP contribution is 2.23. The summed E-state index contributed by atoms with van der Waals surface area (Å²) in [5.74, 6) is -11.4. The van der Waals surface area contributed by atoms with Crippen LogP contribution in [0.25, 0.3) is 0 Å². The van der Waals surface area contributed by atoms with Crippen LogP contribution in [0.15, 0.2) is 91.0 Å². The molecule has 0 aliphatic carbocycles. The summed E-state index contributed by atoms with van der Waals surface area (Å²) in [5, 5.41) is 22.1. The van der Waals surface area contributed by atoms with Crippen LogP contribution in [-0.2, 0) is 86.4 Å². The SMILES string of the molecule is CC(C)C[C@H]1C(=O)N[C@@H](C)C(=O)N(C)[C@@H](Cc2ccccc2)C(=O)N(C)[C@@H](C)C(=O)N(C)[C@@H](Cc2ccccc2)C(=O)N[C@H](C(=O)N(C)[C@@H](Cc2ccccc2)C(=O)N[C@@H](C)C(=O)N2CCCCC2)CC(=O)N(C)[C@H](C)C(=O)N(C)[C@@H](C)C(=O)N(C)[C@@H](CC(C)C)C(=O)N[C@@H]([C@@H](C)O)C(=O)N(C)[C@@H](C)C(=O)N1C. The molecule has 594 valence electrons. The summed E-state index contributed by atoms with van der Waals surface area (Å²) in [7, 11) is 12.0. The first-order chi connectivity index (χ1) is 50.6. The highest BCUT2D eigenvalue weighted by molar-refractivity contribution is 6.01. The van der Waals surface area contributed by atoms with E-state index in [9.17, 15) is 48.3 Å². The van der Waals surface area contributed by atoms with Gasteiger partial charge in [-0.2, -0.15) is 0 Å². The molecule has 5 N–H and O–H groups in total. The van der Waals surface area contributed by atoms with E-state index in [1.807, 2.05) is 13.8 Å². The van der Waals surface area contributed by atoms with Crippen molar-refractivity contribution in [3.8, 4) is 0 Å². The number of nitrogens with zero attached hydrogens (tertiary/aromatic N) is 10. The average Bonchev–Trinajstić information content (AvgIpc) is 0.812. The Morgan fingerprint density at radius 3 is 1.30 bits per heavy atom. The normalized spacial score (nSPS) is 25.2. The van der Waals surface area contributed by atoms with E-state index in [1.165, 1.54) is 105 Å². The van der Waals surface area contributed by atoms with Gasteiger partial charge in [0.2, 0.25) is 82.7 Å². The minimum Gasteiger partial charge on any atom is -0.391 e. The van der Waals surface area contributed by atoms with Gasteiger partial charge in [-0.05, 0) is 109 Å². The lowest BCUT2D eigenvalue weighted by Gasteiger charge is -2.38. The molecule has 2 fully saturated rings. The van der Waals surface area contributed by atoms with Gasteiger partial charge in [-0.25, -0.2) is 0 Å². The maximum absolute atomic E-state index is 15.7. The van der Waals surface area contributed by atoms with E-state index < -0.39 is 168 Å². The first-order valence-corrected chi connectivity index (χ1v) is 37.3. The molecule has 29 heteroatoms. The Hall–Kier alpha value is -9.80. The Balaban J connectivity index is 1.69. The molecule has 14 atom stereocenters. The third-order valence-corrected chi connectivity index (χ3v) is 21.1. The van der Waals surface area contributed by atoms with Gasteiger partial charge in [0.05, 0.1) is 12.5 Å². The van der Waals surface area contributed by atoms with Crippen LogP contribution in [0.2, 0.25) is 0 Å². The molecule has 0 saturated carbocycles. The first-order valence-electron chi connectivity index (χ1n) is 37.3. The zero-order valence-electron chi connectivity index (χ0n) is 66.8. The summed E-state index contributed by atoms with van der Waals surface area (Å²) in [5.41, 5.74) is 1.77. The summed E-state index contributed by atoms with van der Waals surface area (Å²) < 4.78 is 0. The van der Waals surface area contributed by atoms with Crippen LogP contribution < -0.4 is 21.3 Å². The van der Waals surface area contributed by atoms with Crippen LogP contribution in [0.5, 0.6) is 0 Å². The molecule has 2 heterocycles. The van der Waals surface area contributed by atoms with E-state index in [4.69, 9.17) is 0 Å². The Labute approximate surface area is 637 Å². The molecule has 0 radical (unpaired) electrons. The molecule has 5 rings (SSSR count). The maximum atomic E-state index is 15.7. The van der Waals surface area contributed by atoms with Crippen molar-refractivity contribution in [2.75, 3.05) is 76.5 Å². The van der Waals surface area contributed by atoms with Crippen LogP contribution in [0, 0.1) is 11.8 Å². The summed E-state index contributed by atoms with van der Waals surface area (Å²) in [4.78, 5) is 220. The predicted octanol–water partition coefficient (Wildman–Crippen LogP) is 2.11. The van der Waals surface area contributed by atoms with E-state index in [-0.39, 0.29) is 49.8 Å². The Morgan fingerprint density at radius 1 is 0.463 bits per heavy atom. The Kier molecular flexibility index (Phi) is 33.2. The Morgan fingerprint density at radius 2 is 0.843 bits per heavy atom. The van der Waals surface area contributed by atoms with Gasteiger partial charge in [-0.3, -0.25) is 67.1 Å². The van der Waals surface area contributed by atoms with Crippen molar-refractivity contribution in [3.05, 3.63) is 108 Å². The number of rotatable bonds is 16. The van der Waals surface area contributed by atoms with Crippen molar-refractivity contribution in [1.82, 2.24) is 70.3 Å². The minimum atomic E-state index is -1.86. The summed E-state index contributed by atoms with van der Waals surface area (Å²) in [6.45, 7) is 18.1. The second-order valence-corrected chi connectivity index (χ2v) is 30.0. The minimum absolute atomic E-state index is 0.0193. The summed E-state index contributed by atoms with van der Waals surface area (Å²) in [6, 6.07) is 7.92. The first kappa shape index (κ1) is 88.8. The van der Waals surface area contributed by atoms with E-state index >= 15 is 24.0 Å². The lowest BCUT2D eigenvalue weighted by Crippen LogP contribution is -2.62. The van der Waals surface area contributed by atoms with Gasteiger partial charge >= 0.3 is 0 Å². The van der Waals surface area contributed by atoms with Crippen LogP contribution in [-0.4, -0.2) is 298 Å². The monoisotopic (exact) mass is 1500 g/mol. The molecule has 2 aliphatic rings. The van der Waals surface area contributed by atoms with Gasteiger partial charge in [0, 0.05) is 95.8 Å². The third kappa shape index (κ3) is 23.1. The number of benzene rings is 3. The molecule has 2 aliphatic heterocycles. The highest BCUT2D eigenvalue weighted by Gasteiger charge is 2.45. The number of likely N-dealkylation sites (tertiary alicyclic amines) is 1. The topological polar surface area (TPSA) is 340 Å². The molecule has 0 unspecified atom stereocenters.